The van der Waals surface area contributed by atoms with Crippen LogP contribution in [0.1, 0.15) is 57.2 Å². The molecule has 2 aromatic carbocycles. The molecule has 5 heteroatoms. The van der Waals surface area contributed by atoms with Crippen molar-refractivity contribution in [3.63, 3.8) is 0 Å². The fourth-order valence-corrected chi connectivity index (χ4v) is 4.32. The zero-order valence-corrected chi connectivity index (χ0v) is 18.8. The number of halogens is 1. The Hall–Kier alpha value is -3.05. The Morgan fingerprint density at radius 2 is 1.78 bits per heavy atom. The van der Waals surface area contributed by atoms with Crippen molar-refractivity contribution < 1.29 is 9.18 Å². The Morgan fingerprint density at radius 3 is 2.50 bits per heavy atom. The molecular weight excluding hydrogens is 401 g/mol. The lowest BCUT2D eigenvalue weighted by atomic mass is 9.89. The highest BCUT2D eigenvalue weighted by Crippen LogP contribution is 2.30. The van der Waals surface area contributed by atoms with E-state index in [9.17, 15) is 9.18 Å². The quantitative estimate of drug-likeness (QED) is 0.587. The first-order chi connectivity index (χ1) is 15.5. The molecule has 1 aliphatic heterocycles. The maximum absolute atomic E-state index is 13.5. The first kappa shape index (κ1) is 22.2. The first-order valence-corrected chi connectivity index (χ1v) is 11.3. The maximum atomic E-state index is 13.5. The van der Waals surface area contributed by atoms with Crippen LogP contribution in [-0.2, 0) is 13.1 Å². The lowest BCUT2D eigenvalue weighted by Crippen LogP contribution is -2.34. The molecule has 1 N–H and O–H groups in total. The lowest BCUT2D eigenvalue weighted by Gasteiger charge is -2.32. The Labute approximate surface area is 189 Å². The summed E-state index contributed by atoms with van der Waals surface area (Å²) in [4.78, 5) is 20.1. The number of aromatic nitrogens is 1. The van der Waals surface area contributed by atoms with Gasteiger partial charge in [0.05, 0.1) is 11.3 Å². The number of pyridine rings is 1. The molecule has 32 heavy (non-hydrogen) atoms. The van der Waals surface area contributed by atoms with Crippen LogP contribution in [0.2, 0.25) is 0 Å². The van der Waals surface area contributed by atoms with Crippen molar-refractivity contribution in [2.45, 2.75) is 45.7 Å². The van der Waals surface area contributed by atoms with Crippen LogP contribution in [0.25, 0.3) is 0 Å². The third-order valence-corrected chi connectivity index (χ3v) is 6.15. The molecule has 3 aromatic rings. The van der Waals surface area contributed by atoms with E-state index in [-0.39, 0.29) is 17.6 Å². The van der Waals surface area contributed by atoms with Crippen molar-refractivity contribution in [2.24, 2.45) is 0 Å². The summed E-state index contributed by atoms with van der Waals surface area (Å²) < 4.78 is 13.5. The Bertz CT molecular complexity index is 1070. The van der Waals surface area contributed by atoms with Gasteiger partial charge in [0.2, 0.25) is 0 Å². The lowest BCUT2D eigenvalue weighted by molar-refractivity contribution is 0.0948. The van der Waals surface area contributed by atoms with Gasteiger partial charge >= 0.3 is 0 Å². The summed E-state index contributed by atoms with van der Waals surface area (Å²) in [6, 6.07) is 18.8. The number of carbonyl (C=O) groups is 1. The number of nitrogens with zero attached hydrogens (tertiary/aromatic N) is 2. The molecule has 0 saturated carbocycles. The normalized spacial score (nSPS) is 15.0. The van der Waals surface area contributed by atoms with E-state index in [1.54, 1.807) is 12.1 Å². The number of benzene rings is 2. The van der Waals surface area contributed by atoms with E-state index in [1.807, 2.05) is 37.3 Å². The predicted molar refractivity (Wildman–Crippen MR) is 125 cm³/mol. The molecule has 0 bridgehead atoms. The third kappa shape index (κ3) is 5.60. The second kappa shape index (κ2) is 10.0. The maximum Gasteiger partial charge on any atom is 0.253 e. The molecule has 0 unspecified atom stereocenters. The number of likely N-dealkylation sites (tertiary alicyclic amines) is 1. The van der Waals surface area contributed by atoms with Crippen LogP contribution in [-0.4, -0.2) is 28.9 Å². The molecule has 166 valence electrons. The highest BCUT2D eigenvalue weighted by molar-refractivity contribution is 5.95. The second-order valence-electron chi connectivity index (χ2n) is 8.73. The highest BCUT2D eigenvalue weighted by atomic mass is 19.1. The monoisotopic (exact) mass is 431 g/mol. The molecule has 1 fully saturated rings. The van der Waals surface area contributed by atoms with Crippen LogP contribution in [0, 0.1) is 19.7 Å². The summed E-state index contributed by atoms with van der Waals surface area (Å²) in [5.41, 5.74) is 5.78. The summed E-state index contributed by atoms with van der Waals surface area (Å²) in [5.74, 6) is -0.0170. The van der Waals surface area contributed by atoms with Crippen LogP contribution in [0.5, 0.6) is 0 Å². The Kier molecular flexibility index (Phi) is 6.96. The van der Waals surface area contributed by atoms with E-state index in [0.29, 0.717) is 12.1 Å². The number of rotatable bonds is 6. The van der Waals surface area contributed by atoms with Gasteiger partial charge in [0.15, 0.2) is 0 Å². The highest BCUT2D eigenvalue weighted by Gasteiger charge is 2.26. The van der Waals surface area contributed by atoms with Crippen molar-refractivity contribution in [3.8, 4) is 0 Å². The van der Waals surface area contributed by atoms with Crippen LogP contribution >= 0.6 is 0 Å². The minimum atomic E-state index is -0.192. The van der Waals surface area contributed by atoms with Gasteiger partial charge < -0.3 is 5.32 Å². The molecule has 0 spiro atoms. The average Bonchev–Trinajstić information content (AvgIpc) is 2.79. The predicted octanol–water partition coefficient (Wildman–Crippen LogP) is 5.15. The molecule has 4 nitrogen and oxygen atoms in total. The van der Waals surface area contributed by atoms with E-state index < -0.39 is 0 Å². The number of hydrogen-bond acceptors (Lipinski definition) is 3. The Morgan fingerprint density at radius 1 is 1.03 bits per heavy atom. The number of hydrogen-bond donors (Lipinski definition) is 1. The average molecular weight is 432 g/mol. The number of amides is 1. The molecule has 1 aromatic heterocycles. The van der Waals surface area contributed by atoms with Gasteiger partial charge in [-0.25, -0.2) is 4.39 Å². The number of aryl methyl sites for hydroxylation is 2. The standard InChI is InChI=1S/C27H30FN3O/c1-19-6-9-21(10-7-19)17-29-27(32)25-11-8-20(2)30-26(25)23-12-14-31(15-13-23)18-22-4-3-5-24(28)16-22/h3-11,16,23H,12-15,17-18H2,1-2H3,(H,29,32). The first-order valence-electron chi connectivity index (χ1n) is 11.3. The fourth-order valence-electron chi connectivity index (χ4n) is 4.32. The van der Waals surface area contributed by atoms with Crippen molar-refractivity contribution >= 4 is 5.91 Å². The smallest absolute Gasteiger partial charge is 0.253 e. The van der Waals surface area contributed by atoms with Crippen LogP contribution in [0.15, 0.2) is 60.7 Å². The van der Waals surface area contributed by atoms with Gasteiger partial charge in [-0.3, -0.25) is 14.7 Å². The summed E-state index contributed by atoms with van der Waals surface area (Å²) in [5, 5.41) is 3.06. The van der Waals surface area contributed by atoms with Gasteiger partial charge in [-0.05, 0) is 75.2 Å². The summed E-state index contributed by atoms with van der Waals surface area (Å²) in [6.45, 7) is 7.07. The molecule has 1 amide bonds. The van der Waals surface area contributed by atoms with Crippen molar-refractivity contribution in [3.05, 3.63) is 100 Å². The van der Waals surface area contributed by atoms with E-state index in [2.05, 4.69) is 29.3 Å². The summed E-state index contributed by atoms with van der Waals surface area (Å²) in [6.07, 6.45) is 1.87. The van der Waals surface area contributed by atoms with Crippen molar-refractivity contribution in [1.82, 2.24) is 15.2 Å². The second-order valence-corrected chi connectivity index (χ2v) is 8.73. The van der Waals surface area contributed by atoms with E-state index in [4.69, 9.17) is 4.98 Å². The number of piperidine rings is 1. The molecule has 0 radical (unpaired) electrons. The molecule has 1 aliphatic rings. The van der Waals surface area contributed by atoms with Gasteiger partial charge in [-0.2, -0.15) is 0 Å². The molecule has 0 atom stereocenters. The summed E-state index contributed by atoms with van der Waals surface area (Å²) in [7, 11) is 0. The number of nitrogens with one attached hydrogen (secondary N) is 1. The van der Waals surface area contributed by atoms with Crippen molar-refractivity contribution in [2.75, 3.05) is 13.1 Å². The van der Waals surface area contributed by atoms with E-state index in [1.165, 1.54) is 11.6 Å². The van der Waals surface area contributed by atoms with Crippen LogP contribution in [0.4, 0.5) is 4.39 Å². The molecule has 1 saturated heterocycles. The van der Waals surface area contributed by atoms with Crippen LogP contribution < -0.4 is 5.32 Å². The summed E-state index contributed by atoms with van der Waals surface area (Å²) >= 11 is 0. The largest absolute Gasteiger partial charge is 0.348 e. The van der Waals surface area contributed by atoms with Gasteiger partial charge in [0.25, 0.3) is 5.91 Å². The van der Waals surface area contributed by atoms with Gasteiger partial charge in [0, 0.05) is 24.7 Å². The fraction of sp³-hybridized carbons (Fsp3) is 0.333. The molecule has 4 rings (SSSR count). The molecule has 2 heterocycles. The third-order valence-electron chi connectivity index (χ3n) is 6.15. The zero-order chi connectivity index (χ0) is 22.5. The zero-order valence-electron chi connectivity index (χ0n) is 18.8. The number of carbonyl (C=O) groups excluding carboxylic acids is 1. The molecule has 0 aliphatic carbocycles. The minimum Gasteiger partial charge on any atom is -0.348 e. The van der Waals surface area contributed by atoms with E-state index in [0.717, 1.165) is 55.0 Å². The van der Waals surface area contributed by atoms with E-state index >= 15 is 0 Å². The van der Waals surface area contributed by atoms with Crippen LogP contribution in [0.3, 0.4) is 0 Å². The topological polar surface area (TPSA) is 45.2 Å². The molecular formula is C27H30FN3O. The SMILES string of the molecule is Cc1ccc(CNC(=O)c2ccc(C)nc2C2CCN(Cc3cccc(F)c3)CC2)cc1. The van der Waals surface area contributed by atoms with Gasteiger partial charge in [-0.15, -0.1) is 0 Å². The minimum absolute atomic E-state index is 0.0738. The van der Waals surface area contributed by atoms with Gasteiger partial charge in [-0.1, -0.05) is 42.0 Å². The van der Waals surface area contributed by atoms with Crippen molar-refractivity contribution in [1.29, 1.82) is 0 Å². The van der Waals surface area contributed by atoms with Gasteiger partial charge in [0.1, 0.15) is 5.82 Å². The Balaban J connectivity index is 1.40.